The first-order valence-corrected chi connectivity index (χ1v) is 6.34. The highest BCUT2D eigenvalue weighted by atomic mass is 16.1. The lowest BCUT2D eigenvalue weighted by Gasteiger charge is -2.00. The molecule has 0 unspecified atom stereocenters. The Morgan fingerprint density at radius 2 is 1.95 bits per heavy atom. The third-order valence-electron chi connectivity index (χ3n) is 3.14. The van der Waals surface area contributed by atoms with E-state index in [1.54, 1.807) is 23.1 Å². The molecule has 0 radical (unpaired) electrons. The summed E-state index contributed by atoms with van der Waals surface area (Å²) in [6.45, 7) is 0. The molecule has 100 valence electrons. The Bertz CT molecular complexity index is 727. The smallest absolute Gasteiger partial charge is 0.190 e. The van der Waals surface area contributed by atoms with Crippen LogP contribution in [0.1, 0.15) is 16.3 Å². The zero-order chi connectivity index (χ0) is 13.9. The summed E-state index contributed by atoms with van der Waals surface area (Å²) in [5, 5.41) is 4.32. The molecule has 0 saturated heterocycles. The van der Waals surface area contributed by atoms with Gasteiger partial charge in [-0.05, 0) is 18.2 Å². The number of aromatic nitrogens is 4. The van der Waals surface area contributed by atoms with Crippen LogP contribution < -0.4 is 0 Å². The second-order valence-corrected chi connectivity index (χ2v) is 4.54. The third-order valence-corrected chi connectivity index (χ3v) is 3.14. The number of carbonyl (C=O) groups is 1. The van der Waals surface area contributed by atoms with Crippen LogP contribution in [-0.4, -0.2) is 25.1 Å². The first-order valence-electron chi connectivity index (χ1n) is 6.34. The molecule has 0 saturated carbocycles. The fourth-order valence-electron chi connectivity index (χ4n) is 2.00. The molecular weight excluding hydrogens is 252 g/mol. The quantitative estimate of drug-likeness (QED) is 0.679. The summed E-state index contributed by atoms with van der Waals surface area (Å²) >= 11 is 0. The van der Waals surface area contributed by atoms with E-state index in [0.717, 1.165) is 11.5 Å². The Kier molecular flexibility index (Phi) is 3.16. The maximum Gasteiger partial charge on any atom is 0.190 e. The molecule has 3 rings (SSSR count). The van der Waals surface area contributed by atoms with E-state index in [4.69, 9.17) is 0 Å². The van der Waals surface area contributed by atoms with Crippen molar-refractivity contribution in [1.82, 2.24) is 19.3 Å². The zero-order valence-electron chi connectivity index (χ0n) is 11.1. The molecule has 0 amide bonds. The number of imidazole rings is 1. The molecule has 3 aromatic rings. The van der Waals surface area contributed by atoms with E-state index in [1.165, 1.54) is 0 Å². The number of hydrogen-bond donors (Lipinski definition) is 0. The highest BCUT2D eigenvalue weighted by Crippen LogP contribution is 2.09. The largest absolute Gasteiger partial charge is 0.338 e. The van der Waals surface area contributed by atoms with E-state index >= 15 is 0 Å². The van der Waals surface area contributed by atoms with Crippen LogP contribution in [0.15, 0.2) is 55.0 Å². The van der Waals surface area contributed by atoms with Crippen molar-refractivity contribution in [2.45, 2.75) is 6.42 Å². The topological polar surface area (TPSA) is 52.7 Å². The van der Waals surface area contributed by atoms with Crippen LogP contribution in [0.4, 0.5) is 0 Å². The highest BCUT2D eigenvalue weighted by Gasteiger charge is 2.13. The monoisotopic (exact) mass is 266 g/mol. The Morgan fingerprint density at radius 1 is 1.15 bits per heavy atom. The molecule has 0 aliphatic heterocycles. The standard InChI is InChI=1S/C15H14N4O/c1-18-10-8-16-15(18)11-14(20)13-7-9-19(17-13)12-5-3-2-4-6-12/h2-10H,11H2,1H3. The molecule has 0 aliphatic rings. The number of nitrogens with zero attached hydrogens (tertiary/aromatic N) is 4. The molecule has 0 aliphatic carbocycles. The van der Waals surface area contributed by atoms with Gasteiger partial charge in [0.15, 0.2) is 5.78 Å². The normalized spacial score (nSPS) is 10.7. The Labute approximate surface area is 116 Å². The minimum absolute atomic E-state index is 0.0334. The van der Waals surface area contributed by atoms with Crippen LogP contribution >= 0.6 is 0 Å². The van der Waals surface area contributed by atoms with Gasteiger partial charge in [0, 0.05) is 25.6 Å². The van der Waals surface area contributed by atoms with E-state index < -0.39 is 0 Å². The van der Waals surface area contributed by atoms with Crippen molar-refractivity contribution in [3.05, 3.63) is 66.5 Å². The maximum absolute atomic E-state index is 12.2. The van der Waals surface area contributed by atoms with Gasteiger partial charge in [-0.15, -0.1) is 0 Å². The Hall–Kier alpha value is -2.69. The summed E-state index contributed by atoms with van der Waals surface area (Å²) in [6, 6.07) is 11.4. The molecule has 0 atom stereocenters. The van der Waals surface area contributed by atoms with Crippen molar-refractivity contribution in [3.63, 3.8) is 0 Å². The van der Waals surface area contributed by atoms with Gasteiger partial charge in [-0.25, -0.2) is 9.67 Å². The van der Waals surface area contributed by atoms with E-state index in [-0.39, 0.29) is 12.2 Å². The summed E-state index contributed by atoms with van der Waals surface area (Å²) in [5.41, 5.74) is 1.39. The summed E-state index contributed by atoms with van der Waals surface area (Å²) < 4.78 is 3.54. The molecule has 0 spiro atoms. The van der Waals surface area contributed by atoms with Gasteiger partial charge in [-0.3, -0.25) is 4.79 Å². The van der Waals surface area contributed by atoms with Gasteiger partial charge in [0.05, 0.1) is 12.1 Å². The highest BCUT2D eigenvalue weighted by molar-refractivity contribution is 5.95. The molecule has 2 aromatic heterocycles. The van der Waals surface area contributed by atoms with Gasteiger partial charge in [-0.1, -0.05) is 18.2 Å². The number of Topliss-reactive ketones (excluding diaryl/α,β-unsaturated/α-hetero) is 1. The lowest BCUT2D eigenvalue weighted by atomic mass is 10.2. The molecule has 20 heavy (non-hydrogen) atoms. The number of ketones is 1. The molecule has 0 bridgehead atoms. The number of benzene rings is 1. The van der Waals surface area contributed by atoms with Crippen LogP contribution in [0.3, 0.4) is 0 Å². The lowest BCUT2D eigenvalue weighted by Crippen LogP contribution is -2.09. The van der Waals surface area contributed by atoms with E-state index in [2.05, 4.69) is 10.1 Å². The van der Waals surface area contributed by atoms with Gasteiger partial charge < -0.3 is 4.57 Å². The lowest BCUT2D eigenvalue weighted by molar-refractivity contribution is 0.0985. The van der Waals surface area contributed by atoms with Crippen molar-refractivity contribution in [1.29, 1.82) is 0 Å². The number of aryl methyl sites for hydroxylation is 1. The molecule has 2 heterocycles. The molecule has 5 heteroatoms. The van der Waals surface area contributed by atoms with Crippen LogP contribution in [0.2, 0.25) is 0 Å². The minimum atomic E-state index is -0.0334. The first kappa shape index (κ1) is 12.3. The first-order chi connectivity index (χ1) is 9.74. The fraction of sp³-hybridized carbons (Fsp3) is 0.133. The van der Waals surface area contributed by atoms with Crippen molar-refractivity contribution in [2.24, 2.45) is 7.05 Å². The maximum atomic E-state index is 12.2. The van der Waals surface area contributed by atoms with Gasteiger partial charge in [0.25, 0.3) is 0 Å². The van der Waals surface area contributed by atoms with Gasteiger partial charge >= 0.3 is 0 Å². The SMILES string of the molecule is Cn1ccnc1CC(=O)c1ccn(-c2ccccc2)n1. The second-order valence-electron chi connectivity index (χ2n) is 4.54. The Balaban J connectivity index is 1.80. The predicted octanol–water partition coefficient (Wildman–Crippen LogP) is 2.03. The average molecular weight is 266 g/mol. The number of hydrogen-bond acceptors (Lipinski definition) is 3. The fourth-order valence-corrected chi connectivity index (χ4v) is 2.00. The van der Waals surface area contributed by atoms with Crippen molar-refractivity contribution in [3.8, 4) is 5.69 Å². The number of rotatable bonds is 4. The van der Waals surface area contributed by atoms with Gasteiger partial charge in [0.1, 0.15) is 11.5 Å². The average Bonchev–Trinajstić information content (AvgIpc) is 3.10. The van der Waals surface area contributed by atoms with Crippen LogP contribution in [0.25, 0.3) is 5.69 Å². The molecule has 0 fully saturated rings. The van der Waals surface area contributed by atoms with E-state index in [9.17, 15) is 4.79 Å². The van der Waals surface area contributed by atoms with Crippen molar-refractivity contribution >= 4 is 5.78 Å². The summed E-state index contributed by atoms with van der Waals surface area (Å²) in [7, 11) is 1.87. The van der Waals surface area contributed by atoms with Crippen LogP contribution in [0, 0.1) is 0 Å². The second kappa shape index (κ2) is 5.13. The van der Waals surface area contributed by atoms with Gasteiger partial charge in [-0.2, -0.15) is 5.10 Å². The molecule has 5 nitrogen and oxygen atoms in total. The molecule has 1 aromatic carbocycles. The summed E-state index contributed by atoms with van der Waals surface area (Å²) in [4.78, 5) is 16.3. The van der Waals surface area contributed by atoms with E-state index in [0.29, 0.717) is 5.69 Å². The van der Waals surface area contributed by atoms with Gasteiger partial charge in [0.2, 0.25) is 0 Å². The van der Waals surface area contributed by atoms with Crippen molar-refractivity contribution < 1.29 is 4.79 Å². The van der Waals surface area contributed by atoms with Crippen molar-refractivity contribution in [2.75, 3.05) is 0 Å². The summed E-state index contributed by atoms with van der Waals surface area (Å²) in [6.07, 6.45) is 5.56. The number of carbonyl (C=O) groups excluding carboxylic acids is 1. The minimum Gasteiger partial charge on any atom is -0.338 e. The summed E-state index contributed by atoms with van der Waals surface area (Å²) in [5.74, 6) is 0.707. The third kappa shape index (κ3) is 2.38. The zero-order valence-corrected chi connectivity index (χ0v) is 11.1. The predicted molar refractivity (Wildman–Crippen MR) is 74.8 cm³/mol. The molecule has 0 N–H and O–H groups in total. The number of para-hydroxylation sites is 1. The Morgan fingerprint density at radius 3 is 2.65 bits per heavy atom. The molecular formula is C15H14N4O. The van der Waals surface area contributed by atoms with E-state index in [1.807, 2.05) is 48.1 Å². The van der Waals surface area contributed by atoms with Crippen LogP contribution in [-0.2, 0) is 13.5 Å². The van der Waals surface area contributed by atoms with Crippen LogP contribution in [0.5, 0.6) is 0 Å².